The number of nitrogens with zero attached hydrogens (tertiary/aromatic N) is 1. The van der Waals surface area contributed by atoms with Gasteiger partial charge in [-0.15, -0.1) is 0 Å². The fraction of sp³-hybridized carbons (Fsp3) is 0.545. The van der Waals surface area contributed by atoms with E-state index in [1.54, 1.807) is 6.20 Å². The summed E-state index contributed by atoms with van der Waals surface area (Å²) >= 11 is 0. The first-order valence-corrected chi connectivity index (χ1v) is 5.08. The topological polar surface area (TPSA) is 57.4 Å². The highest BCUT2D eigenvalue weighted by molar-refractivity contribution is 5.31. The molecule has 0 saturated heterocycles. The second-order valence-electron chi connectivity index (χ2n) is 3.56. The van der Waals surface area contributed by atoms with Gasteiger partial charge in [-0.1, -0.05) is 0 Å². The van der Waals surface area contributed by atoms with Crippen LogP contribution in [0.25, 0.3) is 0 Å². The van der Waals surface area contributed by atoms with Crippen LogP contribution in [0.5, 0.6) is 0 Å². The molecule has 0 aliphatic heterocycles. The number of aromatic nitrogens is 1. The maximum absolute atomic E-state index is 5.54. The van der Waals surface area contributed by atoms with Gasteiger partial charge in [0.25, 0.3) is 0 Å². The number of ether oxygens (including phenoxy) is 2. The van der Waals surface area contributed by atoms with Gasteiger partial charge in [0.05, 0.1) is 25.9 Å². The van der Waals surface area contributed by atoms with E-state index in [1.165, 1.54) is 0 Å². The molecule has 0 bridgehead atoms. The Balaban J connectivity index is 2.15. The predicted octanol–water partition coefficient (Wildman–Crippen LogP) is 1.61. The summed E-state index contributed by atoms with van der Waals surface area (Å²) in [6.45, 7) is 5.78. The Bertz CT molecular complexity index is 290. The van der Waals surface area contributed by atoms with Gasteiger partial charge in [0.1, 0.15) is 5.82 Å². The fourth-order valence-corrected chi connectivity index (χ4v) is 1.12. The Labute approximate surface area is 90.4 Å². The minimum atomic E-state index is 0.255. The Morgan fingerprint density at radius 1 is 1.40 bits per heavy atom. The van der Waals surface area contributed by atoms with Gasteiger partial charge < -0.3 is 15.2 Å². The smallest absolute Gasteiger partial charge is 0.123 e. The van der Waals surface area contributed by atoms with Crippen LogP contribution in [0.4, 0.5) is 5.82 Å². The molecule has 0 aromatic carbocycles. The predicted molar refractivity (Wildman–Crippen MR) is 59.4 cm³/mol. The van der Waals surface area contributed by atoms with Gasteiger partial charge in [0, 0.05) is 6.20 Å². The van der Waals surface area contributed by atoms with Gasteiger partial charge in [-0.05, 0) is 31.5 Å². The third-order valence-electron chi connectivity index (χ3n) is 1.79. The molecule has 4 heteroatoms. The molecule has 0 aliphatic rings. The molecule has 1 aromatic rings. The van der Waals surface area contributed by atoms with Crippen LogP contribution in [-0.4, -0.2) is 24.3 Å². The third kappa shape index (κ3) is 5.34. The zero-order valence-corrected chi connectivity index (χ0v) is 9.27. The number of anilines is 1. The lowest BCUT2D eigenvalue weighted by Crippen LogP contribution is -2.09. The lowest BCUT2D eigenvalue weighted by Gasteiger charge is -2.08. The Morgan fingerprint density at radius 2 is 2.20 bits per heavy atom. The normalized spacial score (nSPS) is 10.9. The van der Waals surface area contributed by atoms with E-state index in [-0.39, 0.29) is 6.10 Å². The van der Waals surface area contributed by atoms with Crippen LogP contribution in [0.3, 0.4) is 0 Å². The highest BCUT2D eigenvalue weighted by Crippen LogP contribution is 2.04. The van der Waals surface area contributed by atoms with E-state index in [9.17, 15) is 0 Å². The molecule has 84 valence electrons. The van der Waals surface area contributed by atoms with E-state index in [2.05, 4.69) is 4.98 Å². The maximum Gasteiger partial charge on any atom is 0.123 e. The molecule has 4 nitrogen and oxygen atoms in total. The molecule has 0 atom stereocenters. The summed E-state index contributed by atoms with van der Waals surface area (Å²) in [6.07, 6.45) is 1.93. The van der Waals surface area contributed by atoms with Crippen LogP contribution in [0.2, 0.25) is 0 Å². The zero-order chi connectivity index (χ0) is 11.1. The standard InChI is InChI=1S/C11H18N2O2/c1-9(2)15-6-5-14-8-10-3-4-13-11(12)7-10/h3-4,7,9H,5-6,8H2,1-2H3,(H2,12,13). The summed E-state index contributed by atoms with van der Waals surface area (Å²) in [5, 5.41) is 0. The van der Waals surface area contributed by atoms with Gasteiger partial charge >= 0.3 is 0 Å². The lowest BCUT2D eigenvalue weighted by atomic mass is 10.3. The third-order valence-corrected chi connectivity index (χ3v) is 1.79. The Morgan fingerprint density at radius 3 is 2.87 bits per heavy atom. The van der Waals surface area contributed by atoms with Crippen molar-refractivity contribution in [2.24, 2.45) is 0 Å². The first kappa shape index (κ1) is 11.9. The molecule has 0 saturated carbocycles. The molecule has 1 aromatic heterocycles. The van der Waals surface area contributed by atoms with E-state index >= 15 is 0 Å². The van der Waals surface area contributed by atoms with E-state index in [1.807, 2.05) is 26.0 Å². The Kier molecular flexibility index (Phi) is 5.07. The van der Waals surface area contributed by atoms with Crippen molar-refractivity contribution in [3.8, 4) is 0 Å². The number of nitrogens with two attached hydrogens (primary N) is 1. The van der Waals surface area contributed by atoms with Crippen molar-refractivity contribution >= 4 is 5.82 Å². The molecule has 0 amide bonds. The molecule has 0 spiro atoms. The van der Waals surface area contributed by atoms with Crippen molar-refractivity contribution in [2.75, 3.05) is 18.9 Å². The van der Waals surface area contributed by atoms with Crippen molar-refractivity contribution in [2.45, 2.75) is 26.6 Å². The highest BCUT2D eigenvalue weighted by Gasteiger charge is 1.96. The molecule has 0 fully saturated rings. The number of hydrogen-bond acceptors (Lipinski definition) is 4. The van der Waals surface area contributed by atoms with Crippen LogP contribution < -0.4 is 5.73 Å². The van der Waals surface area contributed by atoms with E-state index in [4.69, 9.17) is 15.2 Å². The van der Waals surface area contributed by atoms with E-state index < -0.39 is 0 Å². The number of pyridine rings is 1. The number of nitrogen functional groups attached to an aromatic ring is 1. The van der Waals surface area contributed by atoms with Crippen LogP contribution in [-0.2, 0) is 16.1 Å². The first-order chi connectivity index (χ1) is 7.18. The minimum Gasteiger partial charge on any atom is -0.384 e. The molecule has 1 rings (SSSR count). The molecule has 15 heavy (non-hydrogen) atoms. The average molecular weight is 210 g/mol. The second kappa shape index (κ2) is 6.37. The van der Waals surface area contributed by atoms with Gasteiger partial charge in [-0.2, -0.15) is 0 Å². The van der Waals surface area contributed by atoms with Crippen molar-refractivity contribution < 1.29 is 9.47 Å². The summed E-state index contributed by atoms with van der Waals surface area (Å²) in [5.41, 5.74) is 6.57. The zero-order valence-electron chi connectivity index (χ0n) is 9.27. The number of rotatable bonds is 6. The molecular formula is C11H18N2O2. The molecule has 2 N–H and O–H groups in total. The molecule has 0 radical (unpaired) electrons. The molecule has 0 unspecified atom stereocenters. The lowest BCUT2D eigenvalue weighted by molar-refractivity contribution is 0.0143. The minimum absolute atomic E-state index is 0.255. The van der Waals surface area contributed by atoms with Crippen molar-refractivity contribution in [3.63, 3.8) is 0 Å². The SMILES string of the molecule is CC(C)OCCOCc1ccnc(N)c1. The second-order valence-corrected chi connectivity index (χ2v) is 3.56. The van der Waals surface area contributed by atoms with Gasteiger partial charge in [0.15, 0.2) is 0 Å². The summed E-state index contributed by atoms with van der Waals surface area (Å²) in [5.74, 6) is 0.523. The van der Waals surface area contributed by atoms with E-state index in [0.717, 1.165) is 5.56 Å². The first-order valence-electron chi connectivity index (χ1n) is 5.08. The maximum atomic E-state index is 5.54. The summed E-state index contributed by atoms with van der Waals surface area (Å²) in [4.78, 5) is 3.90. The largest absolute Gasteiger partial charge is 0.384 e. The van der Waals surface area contributed by atoms with Crippen LogP contribution in [0.1, 0.15) is 19.4 Å². The van der Waals surface area contributed by atoms with Crippen molar-refractivity contribution in [3.05, 3.63) is 23.9 Å². The Hall–Kier alpha value is -1.13. The number of hydrogen-bond donors (Lipinski definition) is 1. The van der Waals surface area contributed by atoms with Crippen molar-refractivity contribution in [1.29, 1.82) is 0 Å². The highest BCUT2D eigenvalue weighted by atomic mass is 16.5. The monoisotopic (exact) mass is 210 g/mol. The summed E-state index contributed by atoms with van der Waals surface area (Å²) in [6, 6.07) is 3.70. The van der Waals surface area contributed by atoms with Crippen LogP contribution in [0, 0.1) is 0 Å². The van der Waals surface area contributed by atoms with E-state index in [0.29, 0.717) is 25.6 Å². The average Bonchev–Trinajstić information content (AvgIpc) is 2.17. The van der Waals surface area contributed by atoms with Crippen LogP contribution >= 0.6 is 0 Å². The fourth-order valence-electron chi connectivity index (χ4n) is 1.12. The molecule has 0 aliphatic carbocycles. The summed E-state index contributed by atoms with van der Waals surface area (Å²) in [7, 11) is 0. The quantitative estimate of drug-likeness (QED) is 0.725. The van der Waals surface area contributed by atoms with Gasteiger partial charge in [-0.25, -0.2) is 4.98 Å². The van der Waals surface area contributed by atoms with Gasteiger partial charge in [-0.3, -0.25) is 0 Å². The van der Waals surface area contributed by atoms with Gasteiger partial charge in [0.2, 0.25) is 0 Å². The molecular weight excluding hydrogens is 192 g/mol. The van der Waals surface area contributed by atoms with Crippen LogP contribution in [0.15, 0.2) is 18.3 Å². The molecule has 1 heterocycles. The van der Waals surface area contributed by atoms with Crippen molar-refractivity contribution in [1.82, 2.24) is 4.98 Å². The summed E-state index contributed by atoms with van der Waals surface area (Å²) < 4.78 is 10.8.